The molecule has 2 aliphatic heterocycles. The fourth-order valence-electron chi connectivity index (χ4n) is 3.96. The molecule has 0 aromatic heterocycles. The number of likely N-dealkylation sites (tertiary alicyclic amines) is 1. The zero-order valence-corrected chi connectivity index (χ0v) is 17.4. The molecule has 2 heterocycles. The maximum atomic E-state index is 13.5. The van der Waals surface area contributed by atoms with Crippen molar-refractivity contribution in [1.82, 2.24) is 4.90 Å². The maximum Gasteiger partial charge on any atom is 0.231 e. The molecule has 1 fully saturated rings. The number of halogens is 2. The fourth-order valence-corrected chi connectivity index (χ4v) is 4.94. The fraction of sp³-hybridized carbons (Fsp3) is 0.381. The van der Waals surface area contributed by atoms with Crippen LogP contribution in [-0.4, -0.2) is 36.2 Å². The summed E-state index contributed by atoms with van der Waals surface area (Å²) in [6, 6.07) is 10.5. The number of hydrogen-bond donors (Lipinski definition) is 0. The van der Waals surface area contributed by atoms with E-state index in [9.17, 15) is 4.39 Å². The third-order valence-corrected chi connectivity index (χ3v) is 6.59. The van der Waals surface area contributed by atoms with E-state index in [1.165, 1.54) is 12.1 Å². The summed E-state index contributed by atoms with van der Waals surface area (Å²) < 4.78 is 24.3. The molecule has 0 amide bonds. The molecular formula is C21H22ClFN2O2S. The first kappa shape index (κ1) is 19.4. The molecular weight excluding hydrogens is 399 g/mol. The van der Waals surface area contributed by atoms with E-state index in [4.69, 9.17) is 26.1 Å². The standard InChI is InChI=1S/C21H22ClFN2O2S/c1-3-21(16-6-4-14(23)10-17(16)22)8-9-25(12-21)20(28-2)24-15-5-7-18-19(11-15)27-13-26-18/h4-7,10-11H,3,8-9,12-13H2,1-2H3/t21-/m1/s1. The minimum absolute atomic E-state index is 0.101. The molecule has 0 radical (unpaired) electrons. The van der Waals surface area contributed by atoms with Gasteiger partial charge in [0.15, 0.2) is 16.7 Å². The van der Waals surface area contributed by atoms with Crippen molar-refractivity contribution in [3.63, 3.8) is 0 Å². The van der Waals surface area contributed by atoms with Crippen LogP contribution in [0.5, 0.6) is 11.5 Å². The highest BCUT2D eigenvalue weighted by atomic mass is 35.5. The molecule has 2 aromatic rings. The van der Waals surface area contributed by atoms with Crippen molar-refractivity contribution in [1.29, 1.82) is 0 Å². The Kier molecular flexibility index (Phi) is 5.43. The molecule has 1 atom stereocenters. The number of hydrogen-bond acceptors (Lipinski definition) is 4. The molecule has 1 saturated heterocycles. The van der Waals surface area contributed by atoms with Gasteiger partial charge in [-0.3, -0.25) is 0 Å². The van der Waals surface area contributed by atoms with Gasteiger partial charge in [-0.2, -0.15) is 0 Å². The van der Waals surface area contributed by atoms with Crippen LogP contribution < -0.4 is 9.47 Å². The number of ether oxygens (including phenoxy) is 2. The Morgan fingerprint density at radius 2 is 2.07 bits per heavy atom. The second-order valence-electron chi connectivity index (χ2n) is 7.07. The summed E-state index contributed by atoms with van der Waals surface area (Å²) >= 11 is 8.02. The zero-order chi connectivity index (χ0) is 19.7. The molecule has 0 saturated carbocycles. The molecule has 0 N–H and O–H groups in total. The van der Waals surface area contributed by atoms with E-state index in [0.29, 0.717) is 5.02 Å². The summed E-state index contributed by atoms with van der Waals surface area (Å²) in [5.41, 5.74) is 1.75. The monoisotopic (exact) mass is 420 g/mol. The minimum atomic E-state index is -0.302. The van der Waals surface area contributed by atoms with Crippen molar-refractivity contribution in [3.05, 3.63) is 52.8 Å². The topological polar surface area (TPSA) is 34.1 Å². The lowest BCUT2D eigenvalue weighted by Gasteiger charge is -2.30. The second-order valence-corrected chi connectivity index (χ2v) is 8.25. The van der Waals surface area contributed by atoms with Crippen LogP contribution in [-0.2, 0) is 5.41 Å². The highest BCUT2D eigenvalue weighted by Crippen LogP contribution is 2.42. The lowest BCUT2D eigenvalue weighted by atomic mass is 9.77. The molecule has 7 heteroatoms. The van der Waals surface area contributed by atoms with Crippen molar-refractivity contribution < 1.29 is 13.9 Å². The first-order valence-electron chi connectivity index (χ1n) is 9.27. The van der Waals surface area contributed by atoms with Crippen molar-refractivity contribution in [2.45, 2.75) is 25.2 Å². The molecule has 0 bridgehead atoms. The number of rotatable bonds is 3. The summed E-state index contributed by atoms with van der Waals surface area (Å²) in [5.74, 6) is 1.18. The Hall–Kier alpha value is -1.92. The second kappa shape index (κ2) is 7.84. The van der Waals surface area contributed by atoms with Crippen molar-refractivity contribution in [3.8, 4) is 11.5 Å². The van der Waals surface area contributed by atoms with Gasteiger partial charge in [0.25, 0.3) is 0 Å². The van der Waals surface area contributed by atoms with Crippen LogP contribution in [0, 0.1) is 5.82 Å². The third-order valence-electron chi connectivity index (χ3n) is 5.57. The SMILES string of the molecule is CC[C@@]1(c2ccc(F)cc2Cl)CCN(C(=Nc2ccc3c(c2)OCO3)SC)C1. The van der Waals surface area contributed by atoms with Crippen LogP contribution in [0.2, 0.25) is 5.02 Å². The predicted octanol–water partition coefficient (Wildman–Crippen LogP) is 5.61. The largest absolute Gasteiger partial charge is 0.454 e. The average molecular weight is 421 g/mol. The van der Waals surface area contributed by atoms with Gasteiger partial charge in [0.1, 0.15) is 5.82 Å². The van der Waals surface area contributed by atoms with E-state index >= 15 is 0 Å². The maximum absolute atomic E-state index is 13.5. The number of thioether (sulfide) groups is 1. The van der Waals surface area contributed by atoms with Gasteiger partial charge >= 0.3 is 0 Å². The molecule has 4 rings (SSSR count). The number of nitrogens with zero attached hydrogens (tertiary/aromatic N) is 2. The van der Waals surface area contributed by atoms with E-state index in [1.54, 1.807) is 11.8 Å². The Bertz CT molecular complexity index is 923. The summed E-state index contributed by atoms with van der Waals surface area (Å²) in [4.78, 5) is 7.13. The molecule has 0 aliphatic carbocycles. The van der Waals surface area contributed by atoms with E-state index in [2.05, 4.69) is 11.8 Å². The molecule has 148 valence electrons. The predicted molar refractivity (Wildman–Crippen MR) is 113 cm³/mol. The van der Waals surface area contributed by atoms with E-state index in [1.807, 2.05) is 30.5 Å². The van der Waals surface area contributed by atoms with Gasteiger partial charge in [0.05, 0.1) is 5.69 Å². The highest BCUT2D eigenvalue weighted by molar-refractivity contribution is 8.13. The average Bonchev–Trinajstić information content (AvgIpc) is 3.33. The highest BCUT2D eigenvalue weighted by Gasteiger charge is 2.40. The minimum Gasteiger partial charge on any atom is -0.454 e. The van der Waals surface area contributed by atoms with Crippen LogP contribution in [0.3, 0.4) is 0 Å². The van der Waals surface area contributed by atoms with Crippen LogP contribution in [0.1, 0.15) is 25.3 Å². The first-order valence-corrected chi connectivity index (χ1v) is 10.9. The van der Waals surface area contributed by atoms with Gasteiger partial charge in [-0.05, 0) is 48.9 Å². The summed E-state index contributed by atoms with van der Waals surface area (Å²) in [7, 11) is 0. The Morgan fingerprint density at radius 3 is 2.82 bits per heavy atom. The van der Waals surface area contributed by atoms with Crippen LogP contribution in [0.25, 0.3) is 0 Å². The number of aliphatic imine (C=N–C) groups is 1. The van der Waals surface area contributed by atoms with E-state index < -0.39 is 0 Å². The quantitative estimate of drug-likeness (QED) is 0.477. The Labute approximate surface area is 173 Å². The van der Waals surface area contributed by atoms with Gasteiger partial charge in [-0.25, -0.2) is 9.38 Å². The first-order chi connectivity index (χ1) is 13.5. The van der Waals surface area contributed by atoms with Gasteiger partial charge in [0, 0.05) is 29.6 Å². The van der Waals surface area contributed by atoms with Crippen LogP contribution in [0.15, 0.2) is 41.4 Å². The lowest BCUT2D eigenvalue weighted by Crippen LogP contribution is -2.33. The molecule has 28 heavy (non-hydrogen) atoms. The zero-order valence-electron chi connectivity index (χ0n) is 15.9. The third kappa shape index (κ3) is 3.55. The number of fused-ring (bicyclic) bond motifs is 1. The summed E-state index contributed by atoms with van der Waals surface area (Å²) in [6.07, 6.45) is 3.92. The number of benzene rings is 2. The number of amidine groups is 1. The normalized spacial score (nSPS) is 21.4. The smallest absolute Gasteiger partial charge is 0.231 e. The Balaban J connectivity index is 1.60. The van der Waals surface area contributed by atoms with Crippen molar-refractivity contribution in [2.24, 2.45) is 4.99 Å². The summed E-state index contributed by atoms with van der Waals surface area (Å²) in [5, 5.41) is 1.45. The van der Waals surface area contributed by atoms with Gasteiger partial charge in [0.2, 0.25) is 6.79 Å². The van der Waals surface area contributed by atoms with E-state index in [-0.39, 0.29) is 18.0 Å². The van der Waals surface area contributed by atoms with Gasteiger partial charge < -0.3 is 14.4 Å². The van der Waals surface area contributed by atoms with Gasteiger partial charge in [-0.1, -0.05) is 36.4 Å². The molecule has 4 nitrogen and oxygen atoms in total. The van der Waals surface area contributed by atoms with E-state index in [0.717, 1.165) is 53.8 Å². The van der Waals surface area contributed by atoms with Crippen molar-refractivity contribution >= 4 is 34.2 Å². The molecule has 0 unspecified atom stereocenters. The van der Waals surface area contributed by atoms with Crippen LogP contribution in [0.4, 0.5) is 10.1 Å². The van der Waals surface area contributed by atoms with Crippen LogP contribution >= 0.6 is 23.4 Å². The molecule has 0 spiro atoms. The summed E-state index contributed by atoms with van der Waals surface area (Å²) in [6.45, 7) is 4.10. The lowest BCUT2D eigenvalue weighted by molar-refractivity contribution is 0.174. The Morgan fingerprint density at radius 1 is 1.25 bits per heavy atom. The molecule has 2 aliphatic rings. The van der Waals surface area contributed by atoms with Gasteiger partial charge in [-0.15, -0.1) is 0 Å². The molecule has 2 aromatic carbocycles. The van der Waals surface area contributed by atoms with Crippen molar-refractivity contribution in [2.75, 3.05) is 26.1 Å².